The summed E-state index contributed by atoms with van der Waals surface area (Å²) >= 11 is 1.91. The second-order valence-electron chi connectivity index (χ2n) is 5.66. The summed E-state index contributed by atoms with van der Waals surface area (Å²) in [5, 5.41) is 6.07. The van der Waals surface area contributed by atoms with Gasteiger partial charge in [-0.15, -0.1) is 11.3 Å². The number of hydrogen-bond donors (Lipinski definition) is 1. The Morgan fingerprint density at radius 3 is 3.00 bits per heavy atom. The summed E-state index contributed by atoms with van der Waals surface area (Å²) in [6, 6.07) is 5.89. The number of nitrogens with zero attached hydrogens (tertiary/aromatic N) is 1. The van der Waals surface area contributed by atoms with E-state index in [-0.39, 0.29) is 0 Å². The molecule has 1 saturated carbocycles. The molecule has 1 aromatic heterocycles. The molecule has 0 bridgehead atoms. The number of likely N-dealkylation sites (tertiary alicyclic amines) is 1. The number of likely N-dealkylation sites (N-methyl/N-ethyl adjacent to an activating group) is 1. The third-order valence-electron chi connectivity index (χ3n) is 4.42. The summed E-state index contributed by atoms with van der Waals surface area (Å²) in [4.78, 5) is 4.17. The van der Waals surface area contributed by atoms with Crippen LogP contribution < -0.4 is 5.32 Å². The topological polar surface area (TPSA) is 15.3 Å². The minimum atomic E-state index is 0.629. The lowest BCUT2D eigenvalue weighted by Crippen LogP contribution is -2.39. The van der Waals surface area contributed by atoms with Crippen LogP contribution in [0.3, 0.4) is 0 Å². The average Bonchev–Trinajstić information content (AvgIpc) is 2.92. The Balaban J connectivity index is 1.57. The van der Waals surface area contributed by atoms with Crippen molar-refractivity contribution in [1.82, 2.24) is 10.2 Å². The maximum absolute atomic E-state index is 3.86. The highest BCUT2D eigenvalue weighted by molar-refractivity contribution is 7.10. The molecule has 3 rings (SSSR count). The summed E-state index contributed by atoms with van der Waals surface area (Å²) in [6.07, 6.45) is 5.59. The van der Waals surface area contributed by atoms with E-state index in [0.29, 0.717) is 6.04 Å². The van der Waals surface area contributed by atoms with E-state index < -0.39 is 0 Å². The van der Waals surface area contributed by atoms with Crippen molar-refractivity contribution in [3.8, 4) is 0 Å². The molecular weight excluding hydrogens is 240 g/mol. The molecule has 3 heteroatoms. The van der Waals surface area contributed by atoms with Gasteiger partial charge in [0.05, 0.1) is 0 Å². The predicted octanol–water partition coefficient (Wildman–Crippen LogP) is 3.27. The van der Waals surface area contributed by atoms with Crippen molar-refractivity contribution in [1.29, 1.82) is 0 Å². The van der Waals surface area contributed by atoms with E-state index >= 15 is 0 Å². The van der Waals surface area contributed by atoms with Crippen molar-refractivity contribution < 1.29 is 0 Å². The summed E-state index contributed by atoms with van der Waals surface area (Å²) in [7, 11) is 0. The Kier molecular flexibility index (Phi) is 4.02. The van der Waals surface area contributed by atoms with Gasteiger partial charge in [0.1, 0.15) is 0 Å². The third-order valence-corrected chi connectivity index (χ3v) is 5.38. The van der Waals surface area contributed by atoms with Gasteiger partial charge in [0.25, 0.3) is 0 Å². The van der Waals surface area contributed by atoms with E-state index in [4.69, 9.17) is 0 Å². The van der Waals surface area contributed by atoms with Crippen LogP contribution in [0.1, 0.15) is 43.5 Å². The maximum Gasteiger partial charge on any atom is 0.0443 e. The smallest absolute Gasteiger partial charge is 0.0443 e. The van der Waals surface area contributed by atoms with Gasteiger partial charge < -0.3 is 5.32 Å². The Morgan fingerprint density at radius 2 is 2.33 bits per heavy atom. The molecular formula is C15H24N2S. The quantitative estimate of drug-likeness (QED) is 0.848. The zero-order valence-corrected chi connectivity index (χ0v) is 12.1. The van der Waals surface area contributed by atoms with Crippen LogP contribution in [-0.4, -0.2) is 30.6 Å². The number of rotatable bonds is 6. The Bertz CT molecular complexity index is 359. The lowest BCUT2D eigenvalue weighted by atomic mass is 10.1. The molecule has 18 heavy (non-hydrogen) atoms. The highest BCUT2D eigenvalue weighted by Gasteiger charge is 2.33. The Labute approximate surface area is 114 Å². The first-order chi connectivity index (χ1) is 8.88. The van der Waals surface area contributed by atoms with Crippen molar-refractivity contribution in [3.63, 3.8) is 0 Å². The van der Waals surface area contributed by atoms with Gasteiger partial charge in [-0.05, 0) is 56.1 Å². The monoisotopic (exact) mass is 264 g/mol. The maximum atomic E-state index is 3.86. The minimum Gasteiger partial charge on any atom is -0.307 e. The largest absolute Gasteiger partial charge is 0.307 e. The van der Waals surface area contributed by atoms with Crippen molar-refractivity contribution in [3.05, 3.63) is 22.4 Å². The van der Waals surface area contributed by atoms with Crippen LogP contribution in [0.25, 0.3) is 0 Å². The molecule has 1 aliphatic carbocycles. The van der Waals surface area contributed by atoms with Crippen LogP contribution in [-0.2, 0) is 0 Å². The van der Waals surface area contributed by atoms with E-state index in [2.05, 4.69) is 34.7 Å². The third kappa shape index (κ3) is 2.79. The predicted molar refractivity (Wildman–Crippen MR) is 78.1 cm³/mol. The molecule has 0 amide bonds. The van der Waals surface area contributed by atoms with Gasteiger partial charge in [-0.1, -0.05) is 13.0 Å². The highest BCUT2D eigenvalue weighted by Crippen LogP contribution is 2.42. The van der Waals surface area contributed by atoms with Gasteiger partial charge in [-0.2, -0.15) is 0 Å². The van der Waals surface area contributed by atoms with Gasteiger partial charge in [0.15, 0.2) is 0 Å². The van der Waals surface area contributed by atoms with Crippen LogP contribution in [0.15, 0.2) is 17.5 Å². The van der Waals surface area contributed by atoms with Crippen LogP contribution in [0, 0.1) is 5.92 Å². The molecule has 2 aliphatic rings. The number of hydrogen-bond acceptors (Lipinski definition) is 3. The second-order valence-corrected chi connectivity index (χ2v) is 6.64. The number of nitrogens with one attached hydrogen (secondary N) is 1. The standard InChI is InChI=1S/C15H24N2S/c1-2-17-9-3-5-13(17)11-16-15(12-7-8-12)14-6-4-10-18-14/h4,6,10,12-13,15-16H,2-3,5,7-9,11H2,1H3. The van der Waals surface area contributed by atoms with Gasteiger partial charge in [0, 0.05) is 23.5 Å². The average molecular weight is 264 g/mol. The summed E-state index contributed by atoms with van der Waals surface area (Å²) < 4.78 is 0. The van der Waals surface area contributed by atoms with Gasteiger partial charge >= 0.3 is 0 Å². The molecule has 2 fully saturated rings. The van der Waals surface area contributed by atoms with Crippen LogP contribution in [0.2, 0.25) is 0 Å². The van der Waals surface area contributed by atoms with Crippen molar-refractivity contribution in [2.24, 2.45) is 5.92 Å². The first kappa shape index (κ1) is 12.6. The fraction of sp³-hybridized carbons (Fsp3) is 0.733. The lowest BCUT2D eigenvalue weighted by molar-refractivity contribution is 0.251. The molecule has 100 valence electrons. The SMILES string of the molecule is CCN1CCCC1CNC(c1cccs1)C1CC1. The summed E-state index contributed by atoms with van der Waals surface area (Å²) in [5.74, 6) is 0.903. The highest BCUT2D eigenvalue weighted by atomic mass is 32.1. The van der Waals surface area contributed by atoms with Gasteiger partial charge in [0.2, 0.25) is 0 Å². The van der Waals surface area contributed by atoms with Gasteiger partial charge in [-0.25, -0.2) is 0 Å². The van der Waals surface area contributed by atoms with Crippen LogP contribution >= 0.6 is 11.3 Å². The lowest BCUT2D eigenvalue weighted by Gasteiger charge is -2.26. The first-order valence-corrected chi connectivity index (χ1v) is 8.27. The van der Waals surface area contributed by atoms with E-state index in [9.17, 15) is 0 Å². The van der Waals surface area contributed by atoms with Crippen molar-refractivity contribution in [2.45, 2.75) is 44.7 Å². The van der Waals surface area contributed by atoms with Crippen molar-refractivity contribution in [2.75, 3.05) is 19.6 Å². The molecule has 2 unspecified atom stereocenters. The van der Waals surface area contributed by atoms with Gasteiger partial charge in [-0.3, -0.25) is 4.90 Å². The Hall–Kier alpha value is -0.380. The fourth-order valence-electron chi connectivity index (χ4n) is 3.20. The molecule has 0 spiro atoms. The van der Waals surface area contributed by atoms with Crippen LogP contribution in [0.5, 0.6) is 0 Å². The molecule has 2 atom stereocenters. The molecule has 0 aromatic carbocycles. The molecule has 1 N–H and O–H groups in total. The fourth-order valence-corrected chi connectivity index (χ4v) is 4.10. The molecule has 1 aliphatic heterocycles. The molecule has 1 aromatic rings. The number of thiophene rings is 1. The summed E-state index contributed by atoms with van der Waals surface area (Å²) in [6.45, 7) is 5.97. The molecule has 0 radical (unpaired) electrons. The zero-order valence-electron chi connectivity index (χ0n) is 11.3. The minimum absolute atomic E-state index is 0.629. The van der Waals surface area contributed by atoms with E-state index in [1.807, 2.05) is 11.3 Å². The zero-order chi connectivity index (χ0) is 12.4. The normalized spacial score (nSPS) is 26.6. The van der Waals surface area contributed by atoms with E-state index in [1.54, 1.807) is 4.88 Å². The van der Waals surface area contributed by atoms with Crippen molar-refractivity contribution >= 4 is 11.3 Å². The molecule has 1 saturated heterocycles. The van der Waals surface area contributed by atoms with E-state index in [1.165, 1.54) is 45.3 Å². The molecule has 2 heterocycles. The summed E-state index contributed by atoms with van der Waals surface area (Å²) in [5.41, 5.74) is 0. The first-order valence-electron chi connectivity index (χ1n) is 7.39. The van der Waals surface area contributed by atoms with E-state index in [0.717, 1.165) is 12.0 Å². The second kappa shape index (κ2) is 5.72. The van der Waals surface area contributed by atoms with Crippen LogP contribution in [0.4, 0.5) is 0 Å². The Morgan fingerprint density at radius 1 is 1.44 bits per heavy atom. The molecule has 2 nitrogen and oxygen atoms in total.